The SMILES string of the molecule is CCc1sc(N2CCN(C(=O)O)CC2)nc1-c1ccccc1. The standard InChI is InChI=1S/C16H19N3O2S/c1-2-13-14(12-6-4-3-5-7-12)17-15(22-13)18-8-10-19(11-9-18)16(20)21/h3-7H,2,8-11H2,1H3,(H,20,21). The number of hydrogen-bond acceptors (Lipinski definition) is 4. The molecule has 0 aliphatic carbocycles. The molecule has 0 spiro atoms. The van der Waals surface area contributed by atoms with Crippen molar-refractivity contribution in [3.63, 3.8) is 0 Å². The van der Waals surface area contributed by atoms with Gasteiger partial charge in [0.05, 0.1) is 5.69 Å². The zero-order valence-corrected chi connectivity index (χ0v) is 13.3. The first kappa shape index (κ1) is 14.8. The van der Waals surface area contributed by atoms with Gasteiger partial charge in [-0.2, -0.15) is 0 Å². The number of hydrogen-bond donors (Lipinski definition) is 1. The fourth-order valence-corrected chi connectivity index (χ4v) is 3.70. The van der Waals surface area contributed by atoms with E-state index >= 15 is 0 Å². The largest absolute Gasteiger partial charge is 0.465 e. The van der Waals surface area contributed by atoms with Gasteiger partial charge in [0.1, 0.15) is 0 Å². The zero-order chi connectivity index (χ0) is 15.5. The second kappa shape index (κ2) is 6.36. The van der Waals surface area contributed by atoms with Crippen LogP contribution in [0.2, 0.25) is 0 Å². The lowest BCUT2D eigenvalue weighted by atomic mass is 10.1. The average Bonchev–Trinajstić information content (AvgIpc) is 3.00. The van der Waals surface area contributed by atoms with Crippen molar-refractivity contribution < 1.29 is 9.90 Å². The Morgan fingerprint density at radius 2 is 1.91 bits per heavy atom. The summed E-state index contributed by atoms with van der Waals surface area (Å²) in [7, 11) is 0. The quantitative estimate of drug-likeness (QED) is 0.944. The van der Waals surface area contributed by atoms with Gasteiger partial charge in [-0.05, 0) is 6.42 Å². The second-order valence-electron chi connectivity index (χ2n) is 5.24. The van der Waals surface area contributed by atoms with E-state index in [2.05, 4.69) is 24.0 Å². The van der Waals surface area contributed by atoms with Crippen LogP contribution in [0.3, 0.4) is 0 Å². The van der Waals surface area contributed by atoms with Crippen LogP contribution in [-0.2, 0) is 6.42 Å². The summed E-state index contributed by atoms with van der Waals surface area (Å²) in [5, 5.41) is 10.0. The van der Waals surface area contributed by atoms with Crippen molar-refractivity contribution >= 4 is 22.6 Å². The number of thiazole rings is 1. The molecule has 0 bridgehead atoms. The van der Waals surface area contributed by atoms with Gasteiger partial charge in [0, 0.05) is 36.6 Å². The summed E-state index contributed by atoms with van der Waals surface area (Å²) < 4.78 is 0. The first-order chi connectivity index (χ1) is 10.7. The Kier molecular flexibility index (Phi) is 4.29. The third kappa shape index (κ3) is 2.92. The van der Waals surface area contributed by atoms with Crippen LogP contribution in [0.1, 0.15) is 11.8 Å². The molecule has 0 radical (unpaired) electrons. The lowest BCUT2D eigenvalue weighted by molar-refractivity contribution is 0.142. The van der Waals surface area contributed by atoms with E-state index in [0.29, 0.717) is 26.2 Å². The molecule has 0 unspecified atom stereocenters. The minimum Gasteiger partial charge on any atom is -0.465 e. The number of nitrogens with zero attached hydrogens (tertiary/aromatic N) is 3. The van der Waals surface area contributed by atoms with Crippen LogP contribution in [0.5, 0.6) is 0 Å². The van der Waals surface area contributed by atoms with Gasteiger partial charge in [-0.1, -0.05) is 37.3 Å². The number of aryl methyl sites for hydroxylation is 1. The summed E-state index contributed by atoms with van der Waals surface area (Å²) in [6.45, 7) is 4.63. The number of amides is 1. The van der Waals surface area contributed by atoms with Crippen molar-refractivity contribution in [3.8, 4) is 11.3 Å². The number of carboxylic acid groups (broad SMARTS) is 1. The molecule has 0 saturated carbocycles. The van der Waals surface area contributed by atoms with Crippen molar-refractivity contribution in [3.05, 3.63) is 35.2 Å². The molecule has 1 saturated heterocycles. The first-order valence-corrected chi connectivity index (χ1v) is 8.28. The molecule has 116 valence electrons. The third-order valence-corrected chi connectivity index (χ3v) is 5.14. The maximum Gasteiger partial charge on any atom is 0.407 e. The van der Waals surface area contributed by atoms with Crippen molar-refractivity contribution in [2.45, 2.75) is 13.3 Å². The van der Waals surface area contributed by atoms with E-state index in [9.17, 15) is 4.79 Å². The van der Waals surface area contributed by atoms with E-state index in [1.807, 2.05) is 18.2 Å². The predicted molar refractivity (Wildman–Crippen MR) is 88.7 cm³/mol. The average molecular weight is 317 g/mol. The first-order valence-electron chi connectivity index (χ1n) is 7.47. The van der Waals surface area contributed by atoms with Gasteiger partial charge in [-0.3, -0.25) is 0 Å². The Labute approximate surface area is 133 Å². The molecule has 5 nitrogen and oxygen atoms in total. The number of anilines is 1. The lowest BCUT2D eigenvalue weighted by Crippen LogP contribution is -2.48. The van der Waals surface area contributed by atoms with E-state index < -0.39 is 6.09 Å². The van der Waals surface area contributed by atoms with Crippen molar-refractivity contribution in [1.29, 1.82) is 0 Å². The Hall–Kier alpha value is -2.08. The number of rotatable bonds is 3. The third-order valence-electron chi connectivity index (χ3n) is 3.88. The Bertz CT molecular complexity index is 649. The monoisotopic (exact) mass is 317 g/mol. The minimum atomic E-state index is -0.835. The Balaban J connectivity index is 1.81. The molecular formula is C16H19N3O2S. The second-order valence-corrected chi connectivity index (χ2v) is 6.31. The summed E-state index contributed by atoms with van der Waals surface area (Å²) in [4.78, 5) is 20.7. The number of piperazine rings is 1. The van der Waals surface area contributed by atoms with Crippen LogP contribution in [0.4, 0.5) is 9.93 Å². The van der Waals surface area contributed by atoms with Crippen molar-refractivity contribution in [1.82, 2.24) is 9.88 Å². The van der Waals surface area contributed by atoms with Gasteiger partial charge in [0.15, 0.2) is 5.13 Å². The summed E-state index contributed by atoms with van der Waals surface area (Å²) in [6.07, 6.45) is 0.120. The van der Waals surface area contributed by atoms with Gasteiger partial charge >= 0.3 is 6.09 Å². The molecule has 1 fully saturated rings. The highest BCUT2D eigenvalue weighted by molar-refractivity contribution is 7.16. The maximum atomic E-state index is 11.0. The van der Waals surface area contributed by atoms with E-state index in [1.165, 1.54) is 9.78 Å². The fourth-order valence-electron chi connectivity index (χ4n) is 2.62. The summed E-state index contributed by atoms with van der Waals surface area (Å²) >= 11 is 1.72. The molecule has 1 aliphatic heterocycles. The smallest absolute Gasteiger partial charge is 0.407 e. The number of aromatic nitrogens is 1. The molecule has 1 aromatic carbocycles. The lowest BCUT2D eigenvalue weighted by Gasteiger charge is -2.32. The van der Waals surface area contributed by atoms with E-state index in [0.717, 1.165) is 22.8 Å². The van der Waals surface area contributed by atoms with Crippen LogP contribution < -0.4 is 4.90 Å². The topological polar surface area (TPSA) is 56.7 Å². The van der Waals surface area contributed by atoms with Crippen molar-refractivity contribution in [2.75, 3.05) is 31.1 Å². The highest BCUT2D eigenvalue weighted by Gasteiger charge is 2.23. The van der Waals surface area contributed by atoms with Gasteiger partial charge in [-0.15, -0.1) is 11.3 Å². The molecule has 22 heavy (non-hydrogen) atoms. The van der Waals surface area contributed by atoms with E-state index in [4.69, 9.17) is 10.1 Å². The Morgan fingerprint density at radius 1 is 1.23 bits per heavy atom. The van der Waals surface area contributed by atoms with Gasteiger partial charge in [0.2, 0.25) is 0 Å². The number of carbonyl (C=O) groups is 1. The normalized spacial score (nSPS) is 15.1. The van der Waals surface area contributed by atoms with Crippen LogP contribution >= 0.6 is 11.3 Å². The molecule has 2 heterocycles. The molecule has 1 amide bonds. The molecule has 0 atom stereocenters. The predicted octanol–water partition coefficient (Wildman–Crippen LogP) is 3.17. The van der Waals surface area contributed by atoms with Crippen LogP contribution in [-0.4, -0.2) is 47.3 Å². The summed E-state index contributed by atoms with van der Waals surface area (Å²) in [6, 6.07) is 10.2. The maximum absolute atomic E-state index is 11.0. The molecule has 3 rings (SSSR count). The Morgan fingerprint density at radius 3 is 2.50 bits per heavy atom. The summed E-state index contributed by atoms with van der Waals surface area (Å²) in [5.41, 5.74) is 2.20. The van der Waals surface area contributed by atoms with E-state index in [-0.39, 0.29) is 0 Å². The molecule has 6 heteroatoms. The highest BCUT2D eigenvalue weighted by Crippen LogP contribution is 2.33. The van der Waals surface area contributed by atoms with Gasteiger partial charge in [0.25, 0.3) is 0 Å². The molecule has 2 aromatic rings. The molecule has 1 aromatic heterocycles. The molecular weight excluding hydrogens is 298 g/mol. The zero-order valence-electron chi connectivity index (χ0n) is 12.5. The van der Waals surface area contributed by atoms with Crippen LogP contribution in [0.15, 0.2) is 30.3 Å². The summed E-state index contributed by atoms with van der Waals surface area (Å²) in [5.74, 6) is 0. The van der Waals surface area contributed by atoms with Crippen molar-refractivity contribution in [2.24, 2.45) is 0 Å². The van der Waals surface area contributed by atoms with E-state index in [1.54, 1.807) is 11.3 Å². The van der Waals surface area contributed by atoms with Gasteiger partial charge in [-0.25, -0.2) is 9.78 Å². The van der Waals surface area contributed by atoms with Crippen LogP contribution in [0, 0.1) is 0 Å². The fraction of sp³-hybridized carbons (Fsp3) is 0.375. The number of benzene rings is 1. The minimum absolute atomic E-state index is 0.539. The van der Waals surface area contributed by atoms with Crippen LogP contribution in [0.25, 0.3) is 11.3 Å². The molecule has 1 N–H and O–H groups in total. The molecule has 1 aliphatic rings. The highest BCUT2D eigenvalue weighted by atomic mass is 32.1. The van der Waals surface area contributed by atoms with Gasteiger partial charge < -0.3 is 14.9 Å².